The molecule has 0 bridgehead atoms. The van der Waals surface area contributed by atoms with Crippen LogP contribution in [0, 0.1) is 5.92 Å². The van der Waals surface area contributed by atoms with Gasteiger partial charge in [0.15, 0.2) is 0 Å². The Morgan fingerprint density at radius 3 is 2.61 bits per heavy atom. The maximum atomic E-state index is 12.2. The summed E-state index contributed by atoms with van der Waals surface area (Å²) >= 11 is 0. The molecule has 2 N–H and O–H groups in total. The topological polar surface area (TPSA) is 49.6 Å². The molecular weight excluding hydrogens is 226 g/mol. The lowest BCUT2D eigenvalue weighted by Gasteiger charge is -2.41. The molecule has 0 aromatic heterocycles. The van der Waals surface area contributed by atoms with Crippen molar-refractivity contribution in [2.45, 2.75) is 51.1 Å². The summed E-state index contributed by atoms with van der Waals surface area (Å²) in [5, 5.41) is 0. The Balaban J connectivity index is 2.09. The summed E-state index contributed by atoms with van der Waals surface area (Å²) in [7, 11) is 1.91. The minimum absolute atomic E-state index is 0.108. The van der Waals surface area contributed by atoms with Crippen LogP contribution in [0.4, 0.5) is 0 Å². The van der Waals surface area contributed by atoms with Crippen LogP contribution >= 0.6 is 0 Å². The van der Waals surface area contributed by atoms with E-state index in [1.807, 2.05) is 11.9 Å². The average Bonchev–Trinajstić information content (AvgIpc) is 2.73. The highest BCUT2D eigenvalue weighted by atomic mass is 16.2. The van der Waals surface area contributed by atoms with Gasteiger partial charge in [-0.3, -0.25) is 9.69 Å². The number of carbonyl (C=O) groups is 1. The van der Waals surface area contributed by atoms with E-state index in [1.165, 1.54) is 25.7 Å². The van der Waals surface area contributed by atoms with Gasteiger partial charge in [-0.1, -0.05) is 19.8 Å². The summed E-state index contributed by atoms with van der Waals surface area (Å²) in [6.45, 7) is 4.80. The Bertz CT molecular complexity index is 295. The fraction of sp³-hybridized carbons (Fsp3) is 0.929. The van der Waals surface area contributed by atoms with E-state index in [4.69, 9.17) is 5.73 Å². The van der Waals surface area contributed by atoms with E-state index < -0.39 is 0 Å². The van der Waals surface area contributed by atoms with Gasteiger partial charge in [-0.25, -0.2) is 0 Å². The third-order valence-electron chi connectivity index (χ3n) is 4.76. The second-order valence-corrected chi connectivity index (χ2v) is 5.74. The summed E-state index contributed by atoms with van der Waals surface area (Å²) in [6.07, 6.45) is 6.01. The van der Waals surface area contributed by atoms with Crippen LogP contribution in [0.25, 0.3) is 0 Å². The van der Waals surface area contributed by atoms with Gasteiger partial charge in [0.25, 0.3) is 0 Å². The molecule has 2 rings (SSSR count). The van der Waals surface area contributed by atoms with Crippen molar-refractivity contribution in [3.8, 4) is 0 Å². The predicted molar refractivity (Wildman–Crippen MR) is 73.2 cm³/mol. The van der Waals surface area contributed by atoms with Crippen LogP contribution < -0.4 is 5.73 Å². The molecule has 4 nitrogen and oxygen atoms in total. The molecule has 3 atom stereocenters. The van der Waals surface area contributed by atoms with Crippen LogP contribution in [0.2, 0.25) is 0 Å². The van der Waals surface area contributed by atoms with Gasteiger partial charge in [0.05, 0.1) is 6.04 Å². The molecule has 4 heteroatoms. The van der Waals surface area contributed by atoms with E-state index in [-0.39, 0.29) is 6.04 Å². The average molecular weight is 253 g/mol. The van der Waals surface area contributed by atoms with E-state index in [1.54, 1.807) is 0 Å². The molecular formula is C14H27N3O. The van der Waals surface area contributed by atoms with E-state index in [9.17, 15) is 4.79 Å². The zero-order valence-electron chi connectivity index (χ0n) is 11.8. The molecule has 3 unspecified atom stereocenters. The van der Waals surface area contributed by atoms with Crippen LogP contribution in [0.3, 0.4) is 0 Å². The Labute approximate surface area is 110 Å². The summed E-state index contributed by atoms with van der Waals surface area (Å²) in [4.78, 5) is 16.5. The summed E-state index contributed by atoms with van der Waals surface area (Å²) in [5.41, 5.74) is 5.92. The van der Waals surface area contributed by atoms with Crippen LogP contribution in [0.5, 0.6) is 0 Å². The van der Waals surface area contributed by atoms with Crippen LogP contribution in [0.1, 0.15) is 39.0 Å². The SMILES string of the molecule is CCN(C1CCN(C)C1=O)C1CCCCC1CN. The highest BCUT2D eigenvalue weighted by Crippen LogP contribution is 2.31. The van der Waals surface area contributed by atoms with Crippen molar-refractivity contribution in [1.82, 2.24) is 9.80 Å². The zero-order valence-corrected chi connectivity index (χ0v) is 11.8. The van der Waals surface area contributed by atoms with Gasteiger partial charge in [-0.05, 0) is 38.3 Å². The minimum Gasteiger partial charge on any atom is -0.344 e. The van der Waals surface area contributed by atoms with Crippen LogP contribution in [-0.2, 0) is 4.79 Å². The lowest BCUT2D eigenvalue weighted by molar-refractivity contribution is -0.132. The fourth-order valence-corrected chi connectivity index (χ4v) is 3.70. The first kappa shape index (κ1) is 13.8. The number of likely N-dealkylation sites (N-methyl/N-ethyl adjacent to an activating group) is 2. The summed E-state index contributed by atoms with van der Waals surface area (Å²) in [6, 6.07) is 0.631. The summed E-state index contributed by atoms with van der Waals surface area (Å²) < 4.78 is 0. The number of hydrogen-bond acceptors (Lipinski definition) is 3. The number of amides is 1. The summed E-state index contributed by atoms with van der Waals surface area (Å²) in [5.74, 6) is 0.885. The molecule has 0 aromatic carbocycles. The number of nitrogens with two attached hydrogens (primary N) is 1. The van der Waals surface area contributed by atoms with Crippen molar-refractivity contribution < 1.29 is 4.79 Å². The first-order valence-corrected chi connectivity index (χ1v) is 7.39. The highest BCUT2D eigenvalue weighted by Gasteiger charge is 2.39. The van der Waals surface area contributed by atoms with Gasteiger partial charge < -0.3 is 10.6 Å². The highest BCUT2D eigenvalue weighted by molar-refractivity contribution is 5.83. The first-order chi connectivity index (χ1) is 8.69. The predicted octanol–water partition coefficient (Wildman–Crippen LogP) is 1.06. The van der Waals surface area contributed by atoms with Crippen molar-refractivity contribution in [2.24, 2.45) is 11.7 Å². The number of carbonyl (C=O) groups excluding carboxylic acids is 1. The molecule has 1 amide bonds. The quantitative estimate of drug-likeness (QED) is 0.815. The number of hydrogen-bond donors (Lipinski definition) is 1. The second-order valence-electron chi connectivity index (χ2n) is 5.74. The lowest BCUT2D eigenvalue weighted by atomic mass is 9.83. The normalized spacial score (nSPS) is 33.4. The molecule has 0 spiro atoms. The van der Waals surface area contributed by atoms with Gasteiger partial charge >= 0.3 is 0 Å². The van der Waals surface area contributed by atoms with E-state index in [0.717, 1.165) is 26.1 Å². The van der Waals surface area contributed by atoms with Crippen molar-refractivity contribution in [3.63, 3.8) is 0 Å². The molecule has 1 heterocycles. The molecule has 1 saturated carbocycles. The number of nitrogens with zero attached hydrogens (tertiary/aromatic N) is 2. The molecule has 104 valence electrons. The van der Waals surface area contributed by atoms with Gasteiger partial charge in [0, 0.05) is 19.6 Å². The van der Waals surface area contributed by atoms with E-state index in [2.05, 4.69) is 11.8 Å². The van der Waals surface area contributed by atoms with E-state index >= 15 is 0 Å². The molecule has 0 aromatic rings. The molecule has 2 fully saturated rings. The third-order valence-corrected chi connectivity index (χ3v) is 4.76. The number of rotatable bonds is 4. The minimum atomic E-state index is 0.108. The van der Waals surface area contributed by atoms with E-state index in [0.29, 0.717) is 17.9 Å². The second kappa shape index (κ2) is 6.02. The third kappa shape index (κ3) is 2.54. The monoisotopic (exact) mass is 253 g/mol. The Morgan fingerprint density at radius 2 is 2.06 bits per heavy atom. The van der Waals surface area contributed by atoms with Crippen molar-refractivity contribution >= 4 is 5.91 Å². The molecule has 0 radical (unpaired) electrons. The molecule has 1 aliphatic heterocycles. The Hall–Kier alpha value is -0.610. The van der Waals surface area contributed by atoms with Crippen LogP contribution in [-0.4, -0.2) is 54.5 Å². The van der Waals surface area contributed by atoms with Gasteiger partial charge in [0.2, 0.25) is 5.91 Å². The molecule has 18 heavy (non-hydrogen) atoms. The largest absolute Gasteiger partial charge is 0.344 e. The zero-order chi connectivity index (χ0) is 13.1. The van der Waals surface area contributed by atoms with Crippen LogP contribution in [0.15, 0.2) is 0 Å². The molecule has 2 aliphatic rings. The molecule has 1 aliphatic carbocycles. The van der Waals surface area contributed by atoms with Gasteiger partial charge in [-0.2, -0.15) is 0 Å². The van der Waals surface area contributed by atoms with Crippen molar-refractivity contribution in [2.75, 3.05) is 26.7 Å². The maximum Gasteiger partial charge on any atom is 0.239 e. The van der Waals surface area contributed by atoms with Crippen molar-refractivity contribution in [3.05, 3.63) is 0 Å². The smallest absolute Gasteiger partial charge is 0.239 e. The number of likely N-dealkylation sites (tertiary alicyclic amines) is 1. The lowest BCUT2D eigenvalue weighted by Crippen LogP contribution is -2.52. The van der Waals surface area contributed by atoms with Gasteiger partial charge in [-0.15, -0.1) is 0 Å². The first-order valence-electron chi connectivity index (χ1n) is 7.39. The van der Waals surface area contributed by atoms with Crippen molar-refractivity contribution in [1.29, 1.82) is 0 Å². The Morgan fingerprint density at radius 1 is 1.33 bits per heavy atom. The maximum absolute atomic E-state index is 12.2. The molecule has 1 saturated heterocycles. The Kier molecular flexibility index (Phi) is 4.62. The fourth-order valence-electron chi connectivity index (χ4n) is 3.70. The van der Waals surface area contributed by atoms with Gasteiger partial charge in [0.1, 0.15) is 0 Å². The standard InChI is InChI=1S/C14H27N3O/c1-3-17(13-8-9-16(2)14(13)18)12-7-5-4-6-11(12)10-15/h11-13H,3-10,15H2,1-2H3.